The van der Waals surface area contributed by atoms with Crippen molar-refractivity contribution in [2.45, 2.75) is 0 Å². The fourth-order valence-electron chi connectivity index (χ4n) is 2.43. The van der Waals surface area contributed by atoms with E-state index in [-0.39, 0.29) is 11.8 Å². The second kappa shape index (κ2) is 9.50. The Balaban J connectivity index is 1.78. The van der Waals surface area contributed by atoms with Crippen molar-refractivity contribution in [3.05, 3.63) is 53.8 Å². The Morgan fingerprint density at radius 2 is 1.63 bits per heavy atom. The van der Waals surface area contributed by atoms with Gasteiger partial charge >= 0.3 is 0 Å². The minimum Gasteiger partial charge on any atom is -0.493 e. The SMILES string of the molecule is COc1ccc(C=NNc2nc(Nc3ccc(F)cc3)nc(N(C)C)n2)cc1OC. The summed E-state index contributed by atoms with van der Waals surface area (Å²) in [5, 5.41) is 7.21. The van der Waals surface area contributed by atoms with Gasteiger partial charge in [-0.3, -0.25) is 0 Å². The highest BCUT2D eigenvalue weighted by Crippen LogP contribution is 2.27. The fraction of sp³-hybridized carbons (Fsp3) is 0.200. The molecule has 0 spiro atoms. The summed E-state index contributed by atoms with van der Waals surface area (Å²) in [6.45, 7) is 0. The number of anilines is 4. The zero-order chi connectivity index (χ0) is 21.5. The molecule has 30 heavy (non-hydrogen) atoms. The summed E-state index contributed by atoms with van der Waals surface area (Å²) < 4.78 is 23.6. The van der Waals surface area contributed by atoms with Crippen LogP contribution in [0.4, 0.5) is 27.9 Å². The van der Waals surface area contributed by atoms with E-state index in [2.05, 4.69) is 30.8 Å². The van der Waals surface area contributed by atoms with Crippen LogP contribution in [0.3, 0.4) is 0 Å². The number of methoxy groups -OCH3 is 2. The summed E-state index contributed by atoms with van der Waals surface area (Å²) in [7, 11) is 6.77. The lowest BCUT2D eigenvalue weighted by molar-refractivity contribution is 0.355. The summed E-state index contributed by atoms with van der Waals surface area (Å²) in [5.74, 6) is 1.88. The molecule has 2 N–H and O–H groups in total. The normalized spacial score (nSPS) is 10.7. The first kappa shape index (κ1) is 20.8. The summed E-state index contributed by atoms with van der Waals surface area (Å²) in [4.78, 5) is 14.7. The van der Waals surface area contributed by atoms with Gasteiger partial charge in [0.2, 0.25) is 17.8 Å². The molecule has 9 nitrogen and oxygen atoms in total. The van der Waals surface area contributed by atoms with Gasteiger partial charge in [-0.05, 0) is 48.0 Å². The molecule has 0 saturated carbocycles. The Bertz CT molecular complexity index is 1030. The summed E-state index contributed by atoms with van der Waals surface area (Å²) >= 11 is 0. The molecule has 1 heterocycles. The second-order valence-electron chi connectivity index (χ2n) is 6.29. The predicted octanol–water partition coefficient (Wildman–Crippen LogP) is 3.28. The lowest BCUT2D eigenvalue weighted by Crippen LogP contribution is -2.15. The van der Waals surface area contributed by atoms with Gasteiger partial charge in [-0.2, -0.15) is 20.1 Å². The molecule has 0 aliphatic carbocycles. The van der Waals surface area contributed by atoms with Gasteiger partial charge in [0.25, 0.3) is 0 Å². The fourth-order valence-corrected chi connectivity index (χ4v) is 2.43. The molecule has 0 amide bonds. The van der Waals surface area contributed by atoms with Crippen LogP contribution in [0.15, 0.2) is 47.6 Å². The number of hydrogen-bond donors (Lipinski definition) is 2. The van der Waals surface area contributed by atoms with E-state index >= 15 is 0 Å². The highest BCUT2D eigenvalue weighted by atomic mass is 19.1. The van der Waals surface area contributed by atoms with Crippen molar-refractivity contribution in [1.82, 2.24) is 15.0 Å². The van der Waals surface area contributed by atoms with Crippen molar-refractivity contribution in [3.63, 3.8) is 0 Å². The molecule has 1 aromatic heterocycles. The van der Waals surface area contributed by atoms with Crippen LogP contribution in [0.2, 0.25) is 0 Å². The van der Waals surface area contributed by atoms with Gasteiger partial charge in [-0.1, -0.05) is 0 Å². The van der Waals surface area contributed by atoms with Crippen molar-refractivity contribution in [3.8, 4) is 11.5 Å². The molecule has 0 fully saturated rings. The van der Waals surface area contributed by atoms with Gasteiger partial charge in [-0.15, -0.1) is 0 Å². The number of nitrogens with zero attached hydrogens (tertiary/aromatic N) is 5. The van der Waals surface area contributed by atoms with E-state index in [4.69, 9.17) is 9.47 Å². The van der Waals surface area contributed by atoms with Gasteiger partial charge in [0.05, 0.1) is 20.4 Å². The van der Waals surface area contributed by atoms with Crippen LogP contribution in [0.5, 0.6) is 11.5 Å². The predicted molar refractivity (Wildman–Crippen MR) is 115 cm³/mol. The van der Waals surface area contributed by atoms with Gasteiger partial charge in [-0.25, -0.2) is 9.82 Å². The Kier molecular flexibility index (Phi) is 6.58. The molecule has 0 atom stereocenters. The number of hydrazone groups is 1. The average Bonchev–Trinajstić information content (AvgIpc) is 2.75. The molecule has 0 aliphatic rings. The lowest BCUT2D eigenvalue weighted by Gasteiger charge is -2.13. The third-order valence-corrected chi connectivity index (χ3v) is 3.91. The molecule has 3 rings (SSSR count). The lowest BCUT2D eigenvalue weighted by atomic mass is 10.2. The molecule has 10 heteroatoms. The van der Waals surface area contributed by atoms with Crippen molar-refractivity contribution < 1.29 is 13.9 Å². The van der Waals surface area contributed by atoms with E-state index in [1.54, 1.807) is 49.6 Å². The summed E-state index contributed by atoms with van der Waals surface area (Å²) in [6.07, 6.45) is 1.61. The number of ether oxygens (including phenoxy) is 2. The summed E-state index contributed by atoms with van der Waals surface area (Å²) in [5.41, 5.74) is 4.24. The van der Waals surface area contributed by atoms with E-state index in [1.165, 1.54) is 12.1 Å². The number of hydrogen-bond acceptors (Lipinski definition) is 9. The smallest absolute Gasteiger partial charge is 0.250 e. The summed E-state index contributed by atoms with van der Waals surface area (Å²) in [6, 6.07) is 11.3. The highest BCUT2D eigenvalue weighted by Gasteiger charge is 2.09. The first-order valence-electron chi connectivity index (χ1n) is 8.95. The molecule has 3 aromatic rings. The first-order chi connectivity index (χ1) is 14.5. The number of benzene rings is 2. The molecule has 0 radical (unpaired) electrons. The van der Waals surface area contributed by atoms with E-state index in [0.717, 1.165) is 5.56 Å². The molecule has 0 unspecified atom stereocenters. The van der Waals surface area contributed by atoms with Crippen LogP contribution in [0.1, 0.15) is 5.56 Å². The average molecular weight is 411 g/mol. The maximum atomic E-state index is 13.1. The van der Waals surface area contributed by atoms with Crippen molar-refractivity contribution >= 4 is 29.7 Å². The van der Waals surface area contributed by atoms with Crippen molar-refractivity contribution in [1.29, 1.82) is 0 Å². The topological polar surface area (TPSA) is 96.8 Å². The maximum Gasteiger partial charge on any atom is 0.250 e. The monoisotopic (exact) mass is 411 g/mol. The van der Waals surface area contributed by atoms with Crippen LogP contribution in [0.25, 0.3) is 0 Å². The second-order valence-corrected chi connectivity index (χ2v) is 6.29. The Labute approximate surface area is 173 Å². The minimum atomic E-state index is -0.322. The molecule has 0 aliphatic heterocycles. The minimum absolute atomic E-state index is 0.245. The molecule has 2 aromatic carbocycles. The first-order valence-corrected chi connectivity index (χ1v) is 8.95. The van der Waals surface area contributed by atoms with Crippen molar-refractivity contribution in [2.75, 3.05) is 44.0 Å². The standard InChI is InChI=1S/C20H22FN7O2/c1-28(2)20-25-18(23-15-8-6-14(21)7-9-15)24-19(26-20)27-22-12-13-5-10-16(29-3)17(11-13)30-4/h5-12H,1-4H3,(H2,23,24,25,26,27). The quantitative estimate of drug-likeness (QED) is 0.431. The largest absolute Gasteiger partial charge is 0.493 e. The third kappa shape index (κ3) is 5.31. The maximum absolute atomic E-state index is 13.1. The Hall–Kier alpha value is -3.95. The van der Waals surface area contributed by atoms with Gasteiger partial charge < -0.3 is 19.7 Å². The zero-order valence-corrected chi connectivity index (χ0v) is 17.0. The molecule has 0 saturated heterocycles. The van der Waals surface area contributed by atoms with Crippen molar-refractivity contribution in [2.24, 2.45) is 5.10 Å². The van der Waals surface area contributed by atoms with E-state index in [0.29, 0.717) is 29.1 Å². The molecular formula is C20H22FN7O2. The van der Waals surface area contributed by atoms with Gasteiger partial charge in [0, 0.05) is 19.8 Å². The third-order valence-electron chi connectivity index (χ3n) is 3.91. The van der Waals surface area contributed by atoms with E-state index in [9.17, 15) is 4.39 Å². The number of rotatable bonds is 8. The van der Waals surface area contributed by atoms with Gasteiger partial charge in [0.1, 0.15) is 5.82 Å². The molecule has 156 valence electrons. The van der Waals surface area contributed by atoms with Crippen LogP contribution in [0, 0.1) is 5.82 Å². The molecular weight excluding hydrogens is 389 g/mol. The Morgan fingerprint density at radius 1 is 0.933 bits per heavy atom. The van der Waals surface area contributed by atoms with E-state index < -0.39 is 0 Å². The van der Waals surface area contributed by atoms with Crippen LogP contribution >= 0.6 is 0 Å². The Morgan fingerprint density at radius 3 is 2.30 bits per heavy atom. The van der Waals surface area contributed by atoms with Crippen LogP contribution < -0.4 is 25.1 Å². The van der Waals surface area contributed by atoms with Crippen LogP contribution in [-0.4, -0.2) is 49.5 Å². The number of aromatic nitrogens is 3. The molecule has 0 bridgehead atoms. The highest BCUT2D eigenvalue weighted by molar-refractivity contribution is 5.81. The van der Waals surface area contributed by atoms with Crippen LogP contribution in [-0.2, 0) is 0 Å². The zero-order valence-electron chi connectivity index (χ0n) is 17.0. The van der Waals surface area contributed by atoms with E-state index in [1.807, 2.05) is 20.2 Å². The number of halogens is 1. The number of nitrogens with one attached hydrogen (secondary N) is 2. The van der Waals surface area contributed by atoms with Gasteiger partial charge in [0.15, 0.2) is 11.5 Å².